The molecule has 0 aromatic carbocycles. The Balaban J connectivity index is -0.000000128. The molecule has 2 rings (SSSR count). The van der Waals surface area contributed by atoms with E-state index in [4.69, 9.17) is 53.6 Å². The number of cyclic esters (lactones) is 2. The molecular weight excluding hydrogens is 1370 g/mol. The molecule has 18 atom stereocenters. The average molecular weight is 1470 g/mol. The zero-order valence-corrected chi connectivity index (χ0v) is 62.7. The number of aliphatic hydroxyl groups is 5. The Labute approximate surface area is 551 Å². The zero-order chi connectivity index (χ0) is 67.7. The van der Waals surface area contributed by atoms with Crippen LogP contribution in [0.3, 0.4) is 0 Å². The first kappa shape index (κ1) is 106. The fourth-order valence-corrected chi connectivity index (χ4v) is 4.27. The van der Waals surface area contributed by atoms with E-state index in [9.17, 15) is 53.1 Å². The predicted molar refractivity (Wildman–Crippen MR) is 339 cm³/mol. The molecule has 2 aliphatic rings. The van der Waals surface area contributed by atoms with E-state index in [0.29, 0.717) is 6.61 Å². The highest BCUT2D eigenvalue weighted by atomic mass is 31.0. The fourth-order valence-electron chi connectivity index (χ4n) is 4.21. The van der Waals surface area contributed by atoms with Crippen molar-refractivity contribution in [1.82, 2.24) is 0 Å². The molecular formula is C48H100O38P6. The maximum absolute atomic E-state index is 11.0. The van der Waals surface area contributed by atoms with E-state index < -0.39 is 123 Å². The number of ether oxygens (including phenoxy) is 22. The Bertz CT molecular complexity index is 1850. The van der Waals surface area contributed by atoms with Gasteiger partial charge in [0.05, 0.1) is 82.1 Å². The highest BCUT2D eigenvalue weighted by molar-refractivity contribution is 7.10. The maximum atomic E-state index is 11.0. The van der Waals surface area contributed by atoms with Gasteiger partial charge in [-0.05, 0) is 76.2 Å². The van der Waals surface area contributed by atoms with Crippen molar-refractivity contribution in [2.75, 3.05) is 101 Å². The molecule has 92 heavy (non-hydrogen) atoms. The van der Waals surface area contributed by atoms with Gasteiger partial charge in [0, 0.05) is 0 Å². The first-order valence-electron chi connectivity index (χ1n) is 25.5. The van der Waals surface area contributed by atoms with E-state index in [1.807, 2.05) is 0 Å². The molecule has 18 unspecified atom stereocenters. The molecule has 0 aromatic rings. The lowest BCUT2D eigenvalue weighted by atomic mass is 10.4. The molecule has 2 heterocycles. The third kappa shape index (κ3) is 69.3. The second kappa shape index (κ2) is 64.7. The average Bonchev–Trinajstić information content (AvgIpc) is 4.27. The van der Waals surface area contributed by atoms with E-state index in [-0.39, 0.29) is 128 Å². The smallest absolute Gasteiger partial charge is 0.438 e. The zero-order valence-electron chi connectivity index (χ0n) is 54.5. The van der Waals surface area contributed by atoms with Crippen LogP contribution in [-0.4, -0.2) is 262 Å². The molecule has 0 amide bonds. The van der Waals surface area contributed by atoms with E-state index in [1.165, 1.54) is 83.8 Å². The first-order valence-corrected chi connectivity index (χ1v) is 26.0. The summed E-state index contributed by atoms with van der Waals surface area (Å²) in [6.07, 6.45) is -16.9. The van der Waals surface area contributed by atoms with Gasteiger partial charge in [0.2, 0.25) is 0 Å². The minimum atomic E-state index is -2.06. The molecule has 5 N–H and O–H groups in total. The van der Waals surface area contributed by atoms with Crippen LogP contribution in [0.1, 0.15) is 76.2 Å². The molecule has 0 radical (unpaired) electrons. The fraction of sp³-hybridized carbons (Fsp3) is 0.792. The van der Waals surface area contributed by atoms with E-state index in [2.05, 4.69) is 75.6 Å². The number of hydrogen-bond acceptors (Lipinski definition) is 38. The third-order valence-electron chi connectivity index (χ3n) is 8.06. The van der Waals surface area contributed by atoms with Crippen molar-refractivity contribution < 1.29 is 182 Å². The largest absolute Gasteiger partial charge is 0.510 e. The Morgan fingerprint density at radius 1 is 0.446 bits per heavy atom. The van der Waals surface area contributed by atoms with Crippen LogP contribution in [0.25, 0.3) is 0 Å². The molecule has 2 aliphatic heterocycles. The highest BCUT2D eigenvalue weighted by Crippen LogP contribution is 2.23. The number of methoxy groups -OCH3 is 4. The summed E-state index contributed by atoms with van der Waals surface area (Å²) < 4.78 is 105. The van der Waals surface area contributed by atoms with E-state index in [0.717, 1.165) is 0 Å². The Morgan fingerprint density at radius 2 is 0.728 bits per heavy atom. The highest BCUT2D eigenvalue weighted by Gasteiger charge is 2.41. The summed E-state index contributed by atoms with van der Waals surface area (Å²) in [5.41, 5.74) is 0. The lowest BCUT2D eigenvalue weighted by Gasteiger charge is -2.24. The van der Waals surface area contributed by atoms with Crippen LogP contribution in [0.5, 0.6) is 0 Å². The van der Waals surface area contributed by atoms with Crippen LogP contribution in [0.2, 0.25) is 0 Å². The van der Waals surface area contributed by atoms with Crippen LogP contribution in [0.15, 0.2) is 0 Å². The molecule has 0 bridgehead atoms. The van der Waals surface area contributed by atoms with Gasteiger partial charge in [0.1, 0.15) is 95.6 Å². The molecule has 38 nitrogen and oxygen atoms in total. The number of carbonyl (C=O) groups is 10. The molecule has 44 heteroatoms. The van der Waals surface area contributed by atoms with Crippen LogP contribution in [0.4, 0.5) is 47.9 Å². The van der Waals surface area contributed by atoms with Gasteiger partial charge in [-0.3, -0.25) is 9.47 Å². The molecule has 0 aliphatic carbocycles. The number of carbonyl (C=O) groups excluding carboxylic acids is 10. The van der Waals surface area contributed by atoms with E-state index >= 15 is 0 Å². The molecule has 0 saturated carbocycles. The van der Waals surface area contributed by atoms with Crippen LogP contribution < -0.4 is 0 Å². The topological polar surface area (TPSA) is 484 Å². The van der Waals surface area contributed by atoms with Crippen molar-refractivity contribution in [3.05, 3.63) is 0 Å². The van der Waals surface area contributed by atoms with Gasteiger partial charge in [-0.15, -0.1) is 0 Å². The van der Waals surface area contributed by atoms with Crippen LogP contribution >= 0.6 is 59.0 Å². The van der Waals surface area contributed by atoms with Gasteiger partial charge in [0.15, 0.2) is 0 Å². The molecule has 2 saturated heterocycles. The molecule has 550 valence electrons. The van der Waals surface area contributed by atoms with Crippen molar-refractivity contribution >= 4 is 121 Å². The standard InChI is InChI=1S/4C9H16O7.C8H15O7P.C4H6O3.5H3P/c2*1-6(10)4-14-9(12)16-7(2)5-15-8(11)13-3;2*1-6(4-10)15-9(12)16-7(2)5-14-8(11)13-3;1-5(3-11-7(9)15-16)13-8(10)12-4-6(2)14-8;1-3-2-6-4(5)7-3;;;;;/h4*6-7,10H,4-5H2,1-3H3;5-6,10H,3-4,16H2,1-2H3;3H,2H2,1H3;5*1H3. The minimum Gasteiger partial charge on any atom is -0.438 e. The van der Waals surface area contributed by atoms with Gasteiger partial charge >= 0.3 is 67.7 Å². The summed E-state index contributed by atoms with van der Waals surface area (Å²) in [7, 11) is 6.45. The predicted octanol–water partition coefficient (Wildman–Crippen LogP) is 3.97. The summed E-state index contributed by atoms with van der Waals surface area (Å²) in [4.78, 5) is 107. The summed E-state index contributed by atoms with van der Waals surface area (Å²) in [5.74, 6) is 0. The lowest BCUT2D eigenvalue weighted by molar-refractivity contribution is -0.461. The summed E-state index contributed by atoms with van der Waals surface area (Å²) in [5, 5.41) is 44.5. The Kier molecular flexibility index (Phi) is 74.3. The van der Waals surface area contributed by atoms with Gasteiger partial charge in [-0.25, -0.2) is 47.9 Å². The van der Waals surface area contributed by atoms with Gasteiger partial charge < -0.3 is 125 Å². The lowest BCUT2D eigenvalue weighted by Crippen LogP contribution is -2.38. The Hall–Kier alpha value is -5.04. The maximum Gasteiger partial charge on any atom is 0.510 e. The quantitative estimate of drug-likeness (QED) is 0.0395. The van der Waals surface area contributed by atoms with Crippen molar-refractivity contribution in [2.45, 2.75) is 149 Å². The summed E-state index contributed by atoms with van der Waals surface area (Å²) in [6.45, 7) is 16.3. The van der Waals surface area contributed by atoms with Crippen molar-refractivity contribution in [3.8, 4) is 0 Å². The van der Waals surface area contributed by atoms with Gasteiger partial charge in [-0.1, -0.05) is 0 Å². The molecule has 2 fully saturated rings. The van der Waals surface area contributed by atoms with Gasteiger partial charge in [-0.2, -0.15) is 49.5 Å². The normalized spacial score (nSPS) is 17.0. The van der Waals surface area contributed by atoms with E-state index in [1.54, 1.807) is 30.2 Å². The monoisotopic (exact) mass is 1470 g/mol. The van der Waals surface area contributed by atoms with Gasteiger partial charge in [0.25, 0.3) is 0 Å². The number of hydrogen-bond donors (Lipinski definition) is 5. The second-order valence-corrected chi connectivity index (χ2v) is 17.4. The number of aliphatic hydroxyl groups excluding tert-OH is 4. The molecule has 0 aromatic heterocycles. The SMILES string of the molecule is CC(COC(=O)OP)OC1(O)OCC(C)O1.CC1COC(=O)O1.COC(=O)OCC(C)OC(=O)OC(C)CO.COC(=O)OCC(C)OC(=O)OC(C)CO.COC(=O)OCC(C)OC(=O)OCC(C)O.COC(=O)OCC(C)OC(=O)OCC(C)O.P.P.P.P.P. The summed E-state index contributed by atoms with van der Waals surface area (Å²) >= 11 is 0. The third-order valence-corrected chi connectivity index (χ3v) is 8.25. The van der Waals surface area contributed by atoms with Crippen molar-refractivity contribution in [3.63, 3.8) is 0 Å². The van der Waals surface area contributed by atoms with Crippen LogP contribution in [-0.2, 0) is 109 Å². The van der Waals surface area contributed by atoms with Crippen molar-refractivity contribution in [1.29, 1.82) is 0 Å². The minimum absolute atomic E-state index is 0. The summed E-state index contributed by atoms with van der Waals surface area (Å²) in [6, 6.07) is 0. The number of rotatable bonds is 24. The second-order valence-electron chi connectivity index (χ2n) is 17.2. The first-order chi connectivity index (χ1) is 40.6. The van der Waals surface area contributed by atoms with Crippen molar-refractivity contribution in [2.24, 2.45) is 0 Å². The van der Waals surface area contributed by atoms with Crippen LogP contribution in [0, 0.1) is 0 Å². The molecule has 0 spiro atoms. The Morgan fingerprint density at radius 3 is 0.957 bits per heavy atom.